The molecule has 0 bridgehead atoms. The first-order valence-corrected chi connectivity index (χ1v) is 6.83. The average Bonchev–Trinajstić information content (AvgIpc) is 2.40. The molecule has 0 spiro atoms. The van der Waals surface area contributed by atoms with Crippen molar-refractivity contribution in [2.45, 2.75) is 18.6 Å². The van der Waals surface area contributed by atoms with Crippen LogP contribution in [0.2, 0.25) is 0 Å². The Labute approximate surface area is 123 Å². The zero-order valence-electron chi connectivity index (χ0n) is 10.5. The molecule has 0 aliphatic rings. The number of halogens is 4. The minimum atomic E-state index is -4.34. The zero-order chi connectivity index (χ0) is 14.8. The summed E-state index contributed by atoms with van der Waals surface area (Å²) in [5.74, 6) is 0. The van der Waals surface area contributed by atoms with Crippen molar-refractivity contribution in [3.8, 4) is 0 Å². The van der Waals surface area contributed by atoms with Crippen molar-refractivity contribution in [3.63, 3.8) is 0 Å². The molecule has 0 aromatic heterocycles. The molecule has 1 atom stereocenters. The van der Waals surface area contributed by atoms with Gasteiger partial charge < -0.3 is 5.73 Å². The molecule has 0 radical (unpaired) electrons. The first-order valence-electron chi connectivity index (χ1n) is 6.04. The van der Waals surface area contributed by atoms with Gasteiger partial charge in [0.05, 0.1) is 5.56 Å². The minimum absolute atomic E-state index is 0.475. The maximum Gasteiger partial charge on any atom is 0.416 e. The molecule has 5 heteroatoms. The normalized spacial score (nSPS) is 13.2. The lowest BCUT2D eigenvalue weighted by molar-refractivity contribution is -0.137. The van der Waals surface area contributed by atoms with Crippen LogP contribution >= 0.6 is 15.9 Å². The molecular weight excluding hydrogens is 331 g/mol. The van der Waals surface area contributed by atoms with Gasteiger partial charge in [-0.05, 0) is 35.7 Å². The van der Waals surface area contributed by atoms with E-state index in [1.807, 2.05) is 24.3 Å². The fourth-order valence-electron chi connectivity index (χ4n) is 1.96. The van der Waals surface area contributed by atoms with Crippen LogP contribution in [0.1, 0.15) is 22.7 Å². The predicted molar refractivity (Wildman–Crippen MR) is 76.2 cm³/mol. The number of rotatable bonds is 3. The second kappa shape index (κ2) is 5.97. The fraction of sp³-hybridized carbons (Fsp3) is 0.200. The van der Waals surface area contributed by atoms with E-state index in [9.17, 15) is 13.2 Å². The Kier molecular flexibility index (Phi) is 4.50. The van der Waals surface area contributed by atoms with E-state index < -0.39 is 17.8 Å². The lowest BCUT2D eigenvalue weighted by atomic mass is 9.98. The van der Waals surface area contributed by atoms with E-state index in [0.717, 1.165) is 22.2 Å². The smallest absolute Gasteiger partial charge is 0.324 e. The van der Waals surface area contributed by atoms with Crippen LogP contribution in [0.5, 0.6) is 0 Å². The molecule has 1 unspecified atom stereocenters. The topological polar surface area (TPSA) is 26.0 Å². The van der Waals surface area contributed by atoms with Gasteiger partial charge in [-0.25, -0.2) is 0 Å². The van der Waals surface area contributed by atoms with E-state index in [1.54, 1.807) is 6.07 Å². The van der Waals surface area contributed by atoms with Crippen molar-refractivity contribution in [3.05, 3.63) is 69.7 Å². The van der Waals surface area contributed by atoms with E-state index in [4.69, 9.17) is 5.73 Å². The molecule has 2 aromatic carbocycles. The average molecular weight is 344 g/mol. The third-order valence-corrected chi connectivity index (χ3v) is 3.81. The Morgan fingerprint density at radius 3 is 2.40 bits per heavy atom. The molecule has 20 heavy (non-hydrogen) atoms. The monoisotopic (exact) mass is 343 g/mol. The fourth-order valence-corrected chi connectivity index (χ4v) is 2.41. The van der Waals surface area contributed by atoms with Gasteiger partial charge in [0.1, 0.15) is 0 Å². The van der Waals surface area contributed by atoms with Crippen LogP contribution in [-0.4, -0.2) is 0 Å². The number of hydrogen-bond donors (Lipinski definition) is 1. The van der Waals surface area contributed by atoms with Crippen LogP contribution in [0.4, 0.5) is 13.2 Å². The van der Waals surface area contributed by atoms with Crippen molar-refractivity contribution in [1.29, 1.82) is 0 Å². The second-order valence-corrected chi connectivity index (χ2v) is 5.38. The highest BCUT2D eigenvalue weighted by Gasteiger charge is 2.30. The van der Waals surface area contributed by atoms with Gasteiger partial charge in [0.2, 0.25) is 0 Å². The van der Waals surface area contributed by atoms with Gasteiger partial charge >= 0.3 is 6.18 Å². The lowest BCUT2D eigenvalue weighted by Gasteiger charge is -2.15. The quantitative estimate of drug-likeness (QED) is 0.857. The van der Waals surface area contributed by atoms with Crippen LogP contribution in [0.3, 0.4) is 0 Å². The van der Waals surface area contributed by atoms with E-state index in [-0.39, 0.29) is 0 Å². The lowest BCUT2D eigenvalue weighted by Crippen LogP contribution is -2.15. The van der Waals surface area contributed by atoms with Crippen molar-refractivity contribution in [2.24, 2.45) is 5.73 Å². The molecule has 0 aliphatic heterocycles. The summed E-state index contributed by atoms with van der Waals surface area (Å²) in [6.07, 6.45) is -3.87. The van der Waals surface area contributed by atoms with Gasteiger partial charge in [0.15, 0.2) is 0 Å². The van der Waals surface area contributed by atoms with Crippen LogP contribution in [0.15, 0.2) is 53.0 Å². The van der Waals surface area contributed by atoms with E-state index in [1.165, 1.54) is 6.07 Å². The summed E-state index contributed by atoms with van der Waals surface area (Å²) in [5, 5.41) is 0. The highest BCUT2D eigenvalue weighted by atomic mass is 79.9. The molecular formula is C15H13BrF3N. The Bertz CT molecular complexity index is 596. The summed E-state index contributed by atoms with van der Waals surface area (Å²) < 4.78 is 38.9. The summed E-state index contributed by atoms with van der Waals surface area (Å²) in [5.41, 5.74) is 6.80. The van der Waals surface area contributed by atoms with E-state index in [2.05, 4.69) is 15.9 Å². The highest BCUT2D eigenvalue weighted by Crippen LogP contribution is 2.31. The van der Waals surface area contributed by atoms with Gasteiger partial charge in [0.25, 0.3) is 0 Å². The number of hydrogen-bond acceptors (Lipinski definition) is 1. The summed E-state index contributed by atoms with van der Waals surface area (Å²) >= 11 is 3.41. The molecule has 1 nitrogen and oxygen atoms in total. The van der Waals surface area contributed by atoms with Gasteiger partial charge in [-0.15, -0.1) is 0 Å². The van der Waals surface area contributed by atoms with Crippen LogP contribution in [0, 0.1) is 0 Å². The van der Waals surface area contributed by atoms with Crippen molar-refractivity contribution >= 4 is 15.9 Å². The minimum Gasteiger partial charge on any atom is -0.324 e. The van der Waals surface area contributed by atoms with Gasteiger partial charge in [0, 0.05) is 10.5 Å². The third-order valence-electron chi connectivity index (χ3n) is 3.04. The Morgan fingerprint density at radius 2 is 1.75 bits per heavy atom. The summed E-state index contributed by atoms with van der Waals surface area (Å²) in [6.45, 7) is 0. The summed E-state index contributed by atoms with van der Waals surface area (Å²) in [4.78, 5) is 0. The van der Waals surface area contributed by atoms with Crippen LogP contribution in [-0.2, 0) is 12.6 Å². The highest BCUT2D eigenvalue weighted by molar-refractivity contribution is 9.10. The van der Waals surface area contributed by atoms with Gasteiger partial charge in [-0.3, -0.25) is 0 Å². The summed E-state index contributed by atoms with van der Waals surface area (Å²) in [7, 11) is 0. The SMILES string of the molecule is NC(Cc1ccccc1Br)c1cccc(C(F)(F)F)c1. The van der Waals surface area contributed by atoms with Crippen LogP contribution < -0.4 is 5.73 Å². The number of benzene rings is 2. The molecule has 0 saturated carbocycles. The van der Waals surface area contributed by atoms with Crippen LogP contribution in [0.25, 0.3) is 0 Å². The molecule has 0 amide bonds. The standard InChI is InChI=1S/C15H13BrF3N/c16-13-7-2-1-4-10(13)9-14(20)11-5-3-6-12(8-11)15(17,18)19/h1-8,14H,9,20H2. The number of nitrogens with two attached hydrogens (primary N) is 1. The van der Waals surface area contributed by atoms with Crippen molar-refractivity contribution < 1.29 is 13.2 Å². The largest absolute Gasteiger partial charge is 0.416 e. The Morgan fingerprint density at radius 1 is 1.05 bits per heavy atom. The molecule has 0 saturated heterocycles. The Hall–Kier alpha value is -1.33. The maximum absolute atomic E-state index is 12.7. The van der Waals surface area contributed by atoms with Gasteiger partial charge in [-0.1, -0.05) is 46.3 Å². The second-order valence-electron chi connectivity index (χ2n) is 4.53. The van der Waals surface area contributed by atoms with E-state index in [0.29, 0.717) is 12.0 Å². The van der Waals surface area contributed by atoms with E-state index >= 15 is 0 Å². The first kappa shape index (κ1) is 15.1. The third kappa shape index (κ3) is 3.61. The Balaban J connectivity index is 2.22. The zero-order valence-corrected chi connectivity index (χ0v) is 12.1. The van der Waals surface area contributed by atoms with Crippen molar-refractivity contribution in [2.75, 3.05) is 0 Å². The first-order chi connectivity index (χ1) is 9.38. The molecule has 106 valence electrons. The molecule has 2 N–H and O–H groups in total. The molecule has 2 rings (SSSR count). The van der Waals surface area contributed by atoms with Crippen molar-refractivity contribution in [1.82, 2.24) is 0 Å². The summed E-state index contributed by atoms with van der Waals surface area (Å²) in [6, 6.07) is 12.2. The maximum atomic E-state index is 12.7. The molecule has 0 heterocycles. The molecule has 2 aromatic rings. The molecule has 0 aliphatic carbocycles. The molecule has 0 fully saturated rings. The predicted octanol–water partition coefficient (Wildman–Crippen LogP) is 4.71. The van der Waals surface area contributed by atoms with Gasteiger partial charge in [-0.2, -0.15) is 13.2 Å². The number of alkyl halides is 3.